The van der Waals surface area contributed by atoms with Crippen molar-refractivity contribution >= 4 is 17.4 Å². The molecule has 1 aliphatic carbocycles. The molecule has 1 saturated carbocycles. The minimum absolute atomic E-state index is 0.0512. The molecule has 172 valence electrons. The van der Waals surface area contributed by atoms with Crippen LogP contribution in [0.15, 0.2) is 60.7 Å². The van der Waals surface area contributed by atoms with E-state index in [0.717, 1.165) is 71.0 Å². The zero-order valence-electron chi connectivity index (χ0n) is 19.4. The number of rotatable bonds is 5. The van der Waals surface area contributed by atoms with E-state index in [2.05, 4.69) is 41.3 Å². The molecule has 6 heteroatoms. The van der Waals surface area contributed by atoms with Gasteiger partial charge in [-0.3, -0.25) is 4.79 Å². The number of carbonyl (C=O) groups is 1. The molecule has 2 aliphatic rings. The summed E-state index contributed by atoms with van der Waals surface area (Å²) >= 11 is 0. The minimum atomic E-state index is -0.843. The van der Waals surface area contributed by atoms with Crippen LogP contribution in [-0.2, 0) is 11.2 Å². The van der Waals surface area contributed by atoms with Crippen LogP contribution in [0.5, 0.6) is 0 Å². The van der Waals surface area contributed by atoms with Gasteiger partial charge in [0.25, 0.3) is 0 Å². The van der Waals surface area contributed by atoms with Gasteiger partial charge in [-0.25, -0.2) is 4.98 Å². The van der Waals surface area contributed by atoms with E-state index in [-0.39, 0.29) is 6.42 Å². The lowest BCUT2D eigenvalue weighted by Crippen LogP contribution is -2.37. The van der Waals surface area contributed by atoms with Crippen LogP contribution in [0.25, 0.3) is 28.0 Å². The third-order valence-electron chi connectivity index (χ3n) is 7.55. The van der Waals surface area contributed by atoms with Crippen LogP contribution in [0.1, 0.15) is 36.9 Å². The second-order valence-corrected chi connectivity index (χ2v) is 9.80. The van der Waals surface area contributed by atoms with Crippen molar-refractivity contribution in [1.82, 2.24) is 14.6 Å². The molecule has 0 amide bonds. The lowest BCUT2D eigenvalue weighted by Gasteiger charge is -2.35. The van der Waals surface area contributed by atoms with Gasteiger partial charge in [-0.2, -0.15) is 9.61 Å². The average molecular weight is 453 g/mol. The lowest BCUT2D eigenvalue weighted by molar-refractivity contribution is -0.136. The summed E-state index contributed by atoms with van der Waals surface area (Å²) < 4.78 is 1.88. The van der Waals surface area contributed by atoms with Gasteiger partial charge >= 0.3 is 5.97 Å². The fourth-order valence-electron chi connectivity index (χ4n) is 5.32. The summed E-state index contributed by atoms with van der Waals surface area (Å²) in [5, 5.41) is 14.6. The molecular formula is C28H28N4O2. The number of aromatic nitrogens is 3. The molecule has 6 rings (SSSR count). The topological polar surface area (TPSA) is 70.7 Å². The third kappa shape index (κ3) is 3.73. The number of benzene rings is 2. The highest BCUT2D eigenvalue weighted by Gasteiger charge is 2.45. The van der Waals surface area contributed by atoms with Crippen LogP contribution in [0.3, 0.4) is 0 Å². The van der Waals surface area contributed by atoms with Crippen molar-refractivity contribution < 1.29 is 9.90 Å². The van der Waals surface area contributed by atoms with Gasteiger partial charge in [0.15, 0.2) is 5.65 Å². The molecule has 2 aromatic heterocycles. The molecule has 1 spiro atoms. The Bertz CT molecular complexity index is 1380. The highest BCUT2D eigenvalue weighted by molar-refractivity contribution is 5.76. The molecule has 2 fully saturated rings. The third-order valence-corrected chi connectivity index (χ3v) is 7.55. The summed E-state index contributed by atoms with van der Waals surface area (Å²) in [7, 11) is 0. The normalized spacial score (nSPS) is 16.8. The average Bonchev–Trinajstić information content (AvgIpc) is 3.47. The molecule has 3 heterocycles. The van der Waals surface area contributed by atoms with E-state index in [0.29, 0.717) is 5.41 Å². The molecule has 1 N–H and O–H groups in total. The Hall–Kier alpha value is -3.67. The Kier molecular flexibility index (Phi) is 4.90. The van der Waals surface area contributed by atoms with Crippen molar-refractivity contribution in [1.29, 1.82) is 0 Å². The number of anilines is 1. The Morgan fingerprint density at radius 3 is 2.35 bits per heavy atom. The summed E-state index contributed by atoms with van der Waals surface area (Å²) in [6.45, 7) is 3.78. The first-order valence-electron chi connectivity index (χ1n) is 12.0. The largest absolute Gasteiger partial charge is 0.481 e. The van der Waals surface area contributed by atoms with Crippen molar-refractivity contribution in [3.8, 4) is 22.4 Å². The molecular weight excluding hydrogens is 424 g/mol. The Morgan fingerprint density at radius 1 is 0.941 bits per heavy atom. The number of aryl methyl sites for hydroxylation is 1. The van der Waals surface area contributed by atoms with Crippen molar-refractivity contribution in [3.05, 3.63) is 71.9 Å². The van der Waals surface area contributed by atoms with Crippen molar-refractivity contribution in [2.75, 3.05) is 18.0 Å². The van der Waals surface area contributed by atoms with E-state index in [1.807, 2.05) is 35.7 Å². The van der Waals surface area contributed by atoms with E-state index >= 15 is 0 Å². The van der Waals surface area contributed by atoms with Crippen molar-refractivity contribution in [3.63, 3.8) is 0 Å². The van der Waals surface area contributed by atoms with E-state index in [9.17, 15) is 9.90 Å². The van der Waals surface area contributed by atoms with Crippen LogP contribution < -0.4 is 4.90 Å². The number of carboxylic acid groups (broad SMARTS) is 1. The molecule has 1 aliphatic heterocycles. The smallest absolute Gasteiger partial charge is 0.308 e. The number of hydrogen-bond donors (Lipinski definition) is 1. The minimum Gasteiger partial charge on any atom is -0.481 e. The highest BCUT2D eigenvalue weighted by Crippen LogP contribution is 2.54. The SMILES string of the molecule is Cc1nc2cc(-c3cccc(-c4ccccc4)c3)nn2c(N2CCC3(CC2)CC3)c1CC(=O)O. The summed E-state index contributed by atoms with van der Waals surface area (Å²) in [6, 6.07) is 20.7. The van der Waals surface area contributed by atoms with Gasteiger partial charge in [0.1, 0.15) is 5.82 Å². The van der Waals surface area contributed by atoms with Gasteiger partial charge in [0, 0.05) is 36.0 Å². The summed E-state index contributed by atoms with van der Waals surface area (Å²) in [5.74, 6) is 0.0509. The molecule has 0 bridgehead atoms. The van der Waals surface area contributed by atoms with E-state index in [1.54, 1.807) is 0 Å². The molecule has 6 nitrogen and oxygen atoms in total. The molecule has 1 saturated heterocycles. The van der Waals surface area contributed by atoms with Crippen LogP contribution in [0.4, 0.5) is 5.82 Å². The standard InChI is InChI=1S/C28H28N4O2/c1-19-23(17-26(33)34)27(31-14-12-28(10-11-28)13-15-31)32-25(29-19)18-24(30-32)22-9-5-8-21(16-22)20-6-3-2-4-7-20/h2-9,16,18H,10-15,17H2,1H3,(H,33,34). The second kappa shape index (κ2) is 7.97. The van der Waals surface area contributed by atoms with E-state index < -0.39 is 5.97 Å². The van der Waals surface area contributed by atoms with Gasteiger partial charge in [0.05, 0.1) is 12.1 Å². The number of fused-ring (bicyclic) bond motifs is 1. The maximum Gasteiger partial charge on any atom is 0.308 e. The summed E-state index contributed by atoms with van der Waals surface area (Å²) in [6.07, 6.45) is 4.93. The highest BCUT2D eigenvalue weighted by atomic mass is 16.4. The fraction of sp³-hybridized carbons (Fsp3) is 0.321. The van der Waals surface area contributed by atoms with Gasteiger partial charge in [-0.15, -0.1) is 0 Å². The second-order valence-electron chi connectivity index (χ2n) is 9.80. The van der Waals surface area contributed by atoms with E-state index in [4.69, 9.17) is 10.1 Å². The summed E-state index contributed by atoms with van der Waals surface area (Å²) in [5.41, 5.74) is 6.98. The predicted molar refractivity (Wildman–Crippen MR) is 133 cm³/mol. The van der Waals surface area contributed by atoms with Gasteiger partial charge < -0.3 is 10.0 Å². The maximum absolute atomic E-state index is 11.7. The number of piperidine rings is 1. The van der Waals surface area contributed by atoms with E-state index in [1.165, 1.54) is 12.8 Å². The number of aliphatic carboxylic acids is 1. The van der Waals surface area contributed by atoms with Crippen molar-refractivity contribution in [2.45, 2.75) is 39.0 Å². The van der Waals surface area contributed by atoms with Crippen molar-refractivity contribution in [2.24, 2.45) is 5.41 Å². The van der Waals surface area contributed by atoms with Crippen LogP contribution in [-0.4, -0.2) is 38.8 Å². The van der Waals surface area contributed by atoms with Crippen LogP contribution >= 0.6 is 0 Å². The quantitative estimate of drug-likeness (QED) is 0.440. The molecule has 4 aromatic rings. The van der Waals surface area contributed by atoms with Gasteiger partial charge in [0.2, 0.25) is 0 Å². The molecule has 0 unspecified atom stereocenters. The zero-order chi connectivity index (χ0) is 23.3. The first kappa shape index (κ1) is 20.9. The Labute approximate surface area is 198 Å². The molecule has 34 heavy (non-hydrogen) atoms. The first-order valence-corrected chi connectivity index (χ1v) is 12.0. The van der Waals surface area contributed by atoms with Gasteiger partial charge in [-0.05, 0) is 55.2 Å². The zero-order valence-corrected chi connectivity index (χ0v) is 19.4. The van der Waals surface area contributed by atoms with Gasteiger partial charge in [-0.1, -0.05) is 48.5 Å². The van der Waals surface area contributed by atoms with Crippen LogP contribution in [0.2, 0.25) is 0 Å². The monoisotopic (exact) mass is 452 g/mol. The molecule has 2 aromatic carbocycles. The molecule has 0 atom stereocenters. The number of hydrogen-bond acceptors (Lipinski definition) is 4. The lowest BCUT2D eigenvalue weighted by atomic mass is 9.93. The Balaban J connectivity index is 1.45. The molecule has 0 radical (unpaired) electrons. The number of nitrogens with zero attached hydrogens (tertiary/aromatic N) is 4. The predicted octanol–water partition coefficient (Wildman–Crippen LogP) is 5.38. The number of carboxylic acids is 1. The summed E-state index contributed by atoms with van der Waals surface area (Å²) in [4.78, 5) is 18.8. The first-order chi connectivity index (χ1) is 16.5. The van der Waals surface area contributed by atoms with Crippen LogP contribution in [0, 0.1) is 12.3 Å². The fourth-order valence-corrected chi connectivity index (χ4v) is 5.32. The maximum atomic E-state index is 11.7. The Morgan fingerprint density at radius 2 is 1.65 bits per heavy atom.